The van der Waals surface area contributed by atoms with Crippen LogP contribution in [-0.2, 0) is 0 Å². The first-order chi connectivity index (χ1) is 9.65. The number of benzene rings is 1. The fraction of sp³-hybridized carbons (Fsp3) is 0.308. The summed E-state index contributed by atoms with van der Waals surface area (Å²) >= 11 is 2.25. The number of nitro groups is 1. The number of rotatable bonds is 2. The van der Waals surface area contributed by atoms with Crippen LogP contribution in [0.5, 0.6) is 0 Å². The van der Waals surface area contributed by atoms with Gasteiger partial charge in [0.05, 0.1) is 14.0 Å². The second kappa shape index (κ2) is 5.49. The number of pyridine rings is 1. The molecule has 0 atom stereocenters. The number of piperazine rings is 1. The van der Waals surface area contributed by atoms with E-state index >= 15 is 0 Å². The Hall–Kier alpha value is -1.48. The molecule has 0 spiro atoms. The van der Waals surface area contributed by atoms with Gasteiger partial charge in [-0.3, -0.25) is 10.1 Å². The zero-order valence-corrected chi connectivity index (χ0v) is 12.8. The summed E-state index contributed by atoms with van der Waals surface area (Å²) < 4.78 is 1.03. The van der Waals surface area contributed by atoms with Crippen LogP contribution in [-0.4, -0.2) is 36.1 Å². The second-order valence-electron chi connectivity index (χ2n) is 4.66. The summed E-state index contributed by atoms with van der Waals surface area (Å²) in [6.45, 7) is 3.77. The minimum Gasteiger partial charge on any atom is -0.353 e. The van der Waals surface area contributed by atoms with Crippen molar-refractivity contribution in [3.05, 3.63) is 37.9 Å². The second-order valence-corrected chi connectivity index (χ2v) is 5.83. The Morgan fingerprint density at radius 3 is 2.75 bits per heavy atom. The normalized spacial score (nSPS) is 15.6. The van der Waals surface area contributed by atoms with Crippen LogP contribution >= 0.6 is 22.6 Å². The summed E-state index contributed by atoms with van der Waals surface area (Å²) in [4.78, 5) is 17.3. The van der Waals surface area contributed by atoms with Crippen LogP contribution < -0.4 is 10.2 Å². The first-order valence-corrected chi connectivity index (χ1v) is 7.43. The molecule has 0 radical (unpaired) electrons. The fourth-order valence-corrected chi connectivity index (χ4v) is 3.14. The van der Waals surface area contributed by atoms with Gasteiger partial charge in [0.2, 0.25) is 0 Å². The molecule has 0 unspecified atom stereocenters. The smallest absolute Gasteiger partial charge is 0.270 e. The highest BCUT2D eigenvalue weighted by molar-refractivity contribution is 14.1. The maximum Gasteiger partial charge on any atom is 0.270 e. The van der Waals surface area contributed by atoms with Gasteiger partial charge in [-0.25, -0.2) is 4.98 Å². The van der Waals surface area contributed by atoms with E-state index in [2.05, 4.69) is 37.8 Å². The van der Waals surface area contributed by atoms with Gasteiger partial charge in [0.25, 0.3) is 5.69 Å². The van der Waals surface area contributed by atoms with Crippen molar-refractivity contribution in [2.24, 2.45) is 0 Å². The number of aromatic nitrogens is 1. The van der Waals surface area contributed by atoms with Crippen molar-refractivity contribution in [1.29, 1.82) is 0 Å². The number of nitro benzene ring substituents is 1. The van der Waals surface area contributed by atoms with Crippen LogP contribution in [0.3, 0.4) is 0 Å². The van der Waals surface area contributed by atoms with E-state index in [4.69, 9.17) is 0 Å². The number of hydrogen-bond donors (Lipinski definition) is 1. The summed E-state index contributed by atoms with van der Waals surface area (Å²) in [5.74, 6) is 0.966. The van der Waals surface area contributed by atoms with Gasteiger partial charge in [0.1, 0.15) is 5.82 Å². The van der Waals surface area contributed by atoms with Gasteiger partial charge < -0.3 is 10.2 Å². The number of halogens is 1. The van der Waals surface area contributed by atoms with Crippen molar-refractivity contribution in [1.82, 2.24) is 10.3 Å². The average Bonchev–Trinajstić information content (AvgIpc) is 2.46. The molecule has 0 amide bonds. The van der Waals surface area contributed by atoms with Gasteiger partial charge in [-0.1, -0.05) is 0 Å². The molecule has 3 rings (SSSR count). The number of anilines is 1. The van der Waals surface area contributed by atoms with Crippen LogP contribution in [0.15, 0.2) is 24.3 Å². The molecular formula is C13H13IN4O2. The summed E-state index contributed by atoms with van der Waals surface area (Å²) in [5, 5.41) is 14.9. The Labute approximate surface area is 129 Å². The van der Waals surface area contributed by atoms with Crippen LogP contribution in [0.4, 0.5) is 11.5 Å². The van der Waals surface area contributed by atoms with Gasteiger partial charge in [-0.2, -0.15) is 0 Å². The number of nitrogens with one attached hydrogen (secondary N) is 1. The Bertz CT molecular complexity index is 671. The molecule has 2 heterocycles. The largest absolute Gasteiger partial charge is 0.353 e. The van der Waals surface area contributed by atoms with E-state index in [1.807, 2.05) is 6.07 Å². The maximum atomic E-state index is 10.8. The lowest BCUT2D eigenvalue weighted by atomic mass is 10.2. The molecule has 1 saturated heterocycles. The van der Waals surface area contributed by atoms with Crippen molar-refractivity contribution in [3.63, 3.8) is 0 Å². The van der Waals surface area contributed by atoms with Crippen LogP contribution in [0.25, 0.3) is 10.9 Å². The van der Waals surface area contributed by atoms with E-state index in [0.717, 1.165) is 46.5 Å². The molecule has 1 aromatic heterocycles. The zero-order chi connectivity index (χ0) is 14.1. The Kier molecular flexibility index (Phi) is 3.70. The Balaban J connectivity index is 2.05. The first kappa shape index (κ1) is 13.5. The molecule has 0 aliphatic carbocycles. The molecule has 6 nitrogen and oxygen atoms in total. The molecule has 1 N–H and O–H groups in total. The third-order valence-electron chi connectivity index (χ3n) is 3.36. The molecule has 20 heavy (non-hydrogen) atoms. The van der Waals surface area contributed by atoms with E-state index in [0.29, 0.717) is 0 Å². The summed E-state index contributed by atoms with van der Waals surface area (Å²) in [7, 11) is 0. The van der Waals surface area contributed by atoms with Gasteiger partial charge in [0, 0.05) is 43.7 Å². The monoisotopic (exact) mass is 384 g/mol. The average molecular weight is 384 g/mol. The highest BCUT2D eigenvalue weighted by Crippen LogP contribution is 2.27. The lowest BCUT2D eigenvalue weighted by Crippen LogP contribution is -2.44. The van der Waals surface area contributed by atoms with Crippen LogP contribution in [0.2, 0.25) is 0 Å². The molecule has 0 saturated carbocycles. The summed E-state index contributed by atoms with van der Waals surface area (Å²) in [5.41, 5.74) is 0.898. The lowest BCUT2D eigenvalue weighted by molar-refractivity contribution is -0.384. The molecule has 1 aliphatic rings. The fourth-order valence-electron chi connectivity index (χ4n) is 2.34. The number of nitrogens with zero attached hydrogens (tertiary/aromatic N) is 3. The predicted molar refractivity (Wildman–Crippen MR) is 86.2 cm³/mol. The van der Waals surface area contributed by atoms with Crippen molar-refractivity contribution in [2.75, 3.05) is 31.1 Å². The third-order valence-corrected chi connectivity index (χ3v) is 4.15. The summed E-state index contributed by atoms with van der Waals surface area (Å²) in [6.07, 6.45) is 0. The number of non-ortho nitro benzene ring substituents is 1. The van der Waals surface area contributed by atoms with Crippen molar-refractivity contribution in [2.45, 2.75) is 0 Å². The van der Waals surface area contributed by atoms with Crippen molar-refractivity contribution in [3.8, 4) is 0 Å². The van der Waals surface area contributed by atoms with E-state index in [9.17, 15) is 10.1 Å². The standard InChI is InChI=1S/C13H13IN4O2/c14-11-8-9-7-10(18(19)20)1-2-12(9)16-13(11)17-5-3-15-4-6-17/h1-2,7-8,15H,3-6H2. The van der Waals surface area contributed by atoms with Crippen LogP contribution in [0, 0.1) is 13.7 Å². The molecule has 104 valence electrons. The molecule has 2 aromatic rings. The van der Waals surface area contributed by atoms with Crippen molar-refractivity contribution >= 4 is 45.0 Å². The molecule has 1 aliphatic heterocycles. The number of fused-ring (bicyclic) bond motifs is 1. The predicted octanol–water partition coefficient (Wildman–Crippen LogP) is 2.16. The van der Waals surface area contributed by atoms with Gasteiger partial charge in [0.15, 0.2) is 0 Å². The number of hydrogen-bond acceptors (Lipinski definition) is 5. The van der Waals surface area contributed by atoms with E-state index < -0.39 is 0 Å². The van der Waals surface area contributed by atoms with Gasteiger partial charge in [-0.05, 0) is 34.7 Å². The highest BCUT2D eigenvalue weighted by Gasteiger charge is 2.16. The summed E-state index contributed by atoms with van der Waals surface area (Å²) in [6, 6.07) is 6.76. The maximum absolute atomic E-state index is 10.8. The zero-order valence-electron chi connectivity index (χ0n) is 10.7. The van der Waals surface area contributed by atoms with Gasteiger partial charge in [-0.15, -0.1) is 0 Å². The molecule has 1 fully saturated rings. The van der Waals surface area contributed by atoms with Gasteiger partial charge >= 0.3 is 0 Å². The minimum atomic E-state index is -0.378. The quantitative estimate of drug-likeness (QED) is 0.488. The van der Waals surface area contributed by atoms with Crippen molar-refractivity contribution < 1.29 is 4.92 Å². The third kappa shape index (κ3) is 2.55. The molecule has 1 aromatic carbocycles. The highest BCUT2D eigenvalue weighted by atomic mass is 127. The minimum absolute atomic E-state index is 0.102. The SMILES string of the molecule is O=[N+]([O-])c1ccc2nc(N3CCNCC3)c(I)cc2c1. The molecule has 7 heteroatoms. The van der Waals surface area contributed by atoms with E-state index in [-0.39, 0.29) is 10.6 Å². The molecular weight excluding hydrogens is 371 g/mol. The Morgan fingerprint density at radius 2 is 2.05 bits per heavy atom. The lowest BCUT2D eigenvalue weighted by Gasteiger charge is -2.29. The van der Waals surface area contributed by atoms with Crippen LogP contribution in [0.1, 0.15) is 0 Å². The molecule has 0 bridgehead atoms. The van der Waals surface area contributed by atoms with E-state index in [1.165, 1.54) is 6.07 Å². The van der Waals surface area contributed by atoms with E-state index in [1.54, 1.807) is 12.1 Å². The topological polar surface area (TPSA) is 71.3 Å². The first-order valence-electron chi connectivity index (χ1n) is 6.35. The Morgan fingerprint density at radius 1 is 1.30 bits per heavy atom.